The van der Waals surface area contributed by atoms with Crippen molar-refractivity contribution < 1.29 is 5.11 Å². The molecule has 1 aliphatic rings. The topological polar surface area (TPSA) is 70.4 Å². The molecule has 0 saturated heterocycles. The number of imidazole rings is 1. The van der Waals surface area contributed by atoms with Gasteiger partial charge in [0.05, 0.1) is 5.69 Å². The SMILES string of the molecule is CC1=Nc2ccccc2C1=Cc1c(O)[nH]c(=O)n1C. The summed E-state index contributed by atoms with van der Waals surface area (Å²) in [6.07, 6.45) is 1.78. The third kappa shape index (κ3) is 1.71. The van der Waals surface area contributed by atoms with E-state index in [2.05, 4.69) is 9.98 Å². The lowest BCUT2D eigenvalue weighted by atomic mass is 10.0. The highest BCUT2D eigenvalue weighted by atomic mass is 16.3. The molecule has 0 radical (unpaired) electrons. The van der Waals surface area contributed by atoms with E-state index in [9.17, 15) is 9.90 Å². The normalized spacial score (nSPS) is 15.7. The van der Waals surface area contributed by atoms with Gasteiger partial charge in [-0.25, -0.2) is 4.79 Å². The van der Waals surface area contributed by atoms with Gasteiger partial charge in [0.1, 0.15) is 5.69 Å². The van der Waals surface area contributed by atoms with Crippen LogP contribution in [-0.4, -0.2) is 20.4 Å². The molecule has 0 saturated carbocycles. The number of aliphatic imine (C=N–C) groups is 1. The number of hydrogen-bond donors (Lipinski definition) is 2. The molecule has 2 aromatic rings. The van der Waals surface area contributed by atoms with Gasteiger partial charge in [-0.3, -0.25) is 14.5 Å². The molecule has 1 aromatic heterocycles. The van der Waals surface area contributed by atoms with Crippen LogP contribution in [0.4, 0.5) is 5.69 Å². The van der Waals surface area contributed by atoms with Gasteiger partial charge >= 0.3 is 5.69 Å². The molecule has 5 heteroatoms. The number of nitrogens with zero attached hydrogens (tertiary/aromatic N) is 2. The predicted molar refractivity (Wildman–Crippen MR) is 74.8 cm³/mol. The van der Waals surface area contributed by atoms with Crippen molar-refractivity contribution in [2.45, 2.75) is 6.92 Å². The van der Waals surface area contributed by atoms with Gasteiger partial charge in [-0.15, -0.1) is 0 Å². The Kier molecular flexibility index (Phi) is 2.41. The minimum atomic E-state index is -0.342. The van der Waals surface area contributed by atoms with Crippen LogP contribution in [0.5, 0.6) is 5.88 Å². The monoisotopic (exact) mass is 255 g/mol. The van der Waals surface area contributed by atoms with Gasteiger partial charge < -0.3 is 5.11 Å². The number of hydrogen-bond acceptors (Lipinski definition) is 3. The third-order valence-electron chi connectivity index (χ3n) is 3.29. The van der Waals surface area contributed by atoms with E-state index in [1.807, 2.05) is 31.2 Å². The lowest BCUT2D eigenvalue weighted by Crippen LogP contribution is -2.13. The smallest absolute Gasteiger partial charge is 0.328 e. The van der Waals surface area contributed by atoms with Gasteiger partial charge in [-0.05, 0) is 19.1 Å². The number of para-hydroxylation sites is 1. The summed E-state index contributed by atoms with van der Waals surface area (Å²) in [5, 5.41) is 9.75. The van der Waals surface area contributed by atoms with Gasteiger partial charge in [0.15, 0.2) is 0 Å². The molecule has 2 N–H and O–H groups in total. The van der Waals surface area contributed by atoms with E-state index in [0.29, 0.717) is 5.69 Å². The molecule has 0 fully saturated rings. The fourth-order valence-electron chi connectivity index (χ4n) is 2.24. The molecule has 5 nitrogen and oxygen atoms in total. The van der Waals surface area contributed by atoms with Gasteiger partial charge in [0.25, 0.3) is 0 Å². The highest BCUT2D eigenvalue weighted by molar-refractivity contribution is 6.31. The van der Waals surface area contributed by atoms with E-state index < -0.39 is 0 Å². The van der Waals surface area contributed by atoms with E-state index in [4.69, 9.17) is 0 Å². The zero-order valence-electron chi connectivity index (χ0n) is 10.6. The first-order valence-corrected chi connectivity index (χ1v) is 5.92. The van der Waals surface area contributed by atoms with Crippen molar-refractivity contribution in [3.8, 4) is 5.88 Å². The molecule has 2 heterocycles. The molecule has 1 aliphatic heterocycles. The molecule has 0 amide bonds. The Morgan fingerprint density at radius 2 is 2.11 bits per heavy atom. The van der Waals surface area contributed by atoms with Crippen LogP contribution in [0.1, 0.15) is 18.2 Å². The summed E-state index contributed by atoms with van der Waals surface area (Å²) in [7, 11) is 1.61. The van der Waals surface area contributed by atoms with E-state index in [0.717, 1.165) is 22.5 Å². The number of aromatic amines is 1. The summed E-state index contributed by atoms with van der Waals surface area (Å²) in [6.45, 7) is 1.91. The van der Waals surface area contributed by atoms with Crippen LogP contribution >= 0.6 is 0 Å². The fourth-order valence-corrected chi connectivity index (χ4v) is 2.24. The number of aromatic hydroxyl groups is 1. The molecule has 0 atom stereocenters. The van der Waals surface area contributed by atoms with Crippen molar-refractivity contribution in [3.05, 3.63) is 46.0 Å². The minimum absolute atomic E-state index is 0.128. The Bertz CT molecular complexity index is 778. The Labute approximate surface area is 109 Å². The van der Waals surface area contributed by atoms with Crippen LogP contribution in [0.2, 0.25) is 0 Å². The summed E-state index contributed by atoms with van der Waals surface area (Å²) in [5.41, 5.74) is 3.81. The lowest BCUT2D eigenvalue weighted by Gasteiger charge is -2.02. The van der Waals surface area contributed by atoms with Crippen molar-refractivity contribution in [2.75, 3.05) is 0 Å². The number of allylic oxidation sites excluding steroid dienone is 1. The fraction of sp³-hybridized carbons (Fsp3) is 0.143. The zero-order chi connectivity index (χ0) is 13.6. The largest absolute Gasteiger partial charge is 0.493 e. The summed E-state index contributed by atoms with van der Waals surface area (Å²) in [6, 6.07) is 7.79. The van der Waals surface area contributed by atoms with Crippen molar-refractivity contribution in [1.82, 2.24) is 9.55 Å². The highest BCUT2D eigenvalue weighted by Gasteiger charge is 2.18. The molecule has 3 rings (SSSR count). The Morgan fingerprint density at radius 3 is 2.79 bits per heavy atom. The van der Waals surface area contributed by atoms with Gasteiger partial charge in [0.2, 0.25) is 5.88 Å². The average Bonchev–Trinajstić information content (AvgIpc) is 2.82. The maximum Gasteiger partial charge on any atom is 0.328 e. The summed E-state index contributed by atoms with van der Waals surface area (Å²) < 4.78 is 1.37. The Balaban J connectivity index is 2.20. The van der Waals surface area contributed by atoms with Crippen molar-refractivity contribution >= 4 is 23.0 Å². The molecule has 0 spiro atoms. The number of H-pyrrole nitrogens is 1. The van der Waals surface area contributed by atoms with Gasteiger partial charge in [-0.1, -0.05) is 18.2 Å². The first-order chi connectivity index (χ1) is 9.08. The van der Waals surface area contributed by atoms with Crippen LogP contribution in [0, 0.1) is 0 Å². The summed E-state index contributed by atoms with van der Waals surface area (Å²) in [5.74, 6) is -0.128. The molecule has 1 aromatic carbocycles. The second-order valence-electron chi connectivity index (χ2n) is 4.50. The number of fused-ring (bicyclic) bond motifs is 1. The quantitative estimate of drug-likeness (QED) is 0.818. The summed E-state index contributed by atoms with van der Waals surface area (Å²) in [4.78, 5) is 18.3. The van der Waals surface area contributed by atoms with Crippen LogP contribution in [0.15, 0.2) is 34.1 Å². The second-order valence-corrected chi connectivity index (χ2v) is 4.50. The highest BCUT2D eigenvalue weighted by Crippen LogP contribution is 2.36. The minimum Gasteiger partial charge on any atom is -0.493 e. The molecule has 19 heavy (non-hydrogen) atoms. The third-order valence-corrected chi connectivity index (χ3v) is 3.29. The molecule has 0 aliphatic carbocycles. The van der Waals surface area contributed by atoms with Crippen molar-refractivity contribution in [1.29, 1.82) is 0 Å². The van der Waals surface area contributed by atoms with E-state index >= 15 is 0 Å². The number of aromatic nitrogens is 2. The molecular formula is C14H13N3O2. The Hall–Kier alpha value is -2.56. The Morgan fingerprint density at radius 1 is 1.37 bits per heavy atom. The summed E-state index contributed by atoms with van der Waals surface area (Å²) >= 11 is 0. The van der Waals surface area contributed by atoms with Crippen LogP contribution in [-0.2, 0) is 7.05 Å². The molecular weight excluding hydrogens is 242 g/mol. The van der Waals surface area contributed by atoms with Crippen molar-refractivity contribution in [3.63, 3.8) is 0 Å². The van der Waals surface area contributed by atoms with E-state index in [-0.39, 0.29) is 11.6 Å². The average molecular weight is 255 g/mol. The second kappa shape index (κ2) is 3.98. The van der Waals surface area contributed by atoms with E-state index in [1.165, 1.54) is 4.57 Å². The standard InChI is InChI=1S/C14H13N3O2/c1-8-10(9-5-3-4-6-11(9)15-8)7-12-13(18)16-14(19)17(12)2/h3-7,18H,1-2H3,(H,16,19). The van der Waals surface area contributed by atoms with Crippen LogP contribution in [0.25, 0.3) is 11.6 Å². The van der Waals surface area contributed by atoms with Crippen LogP contribution in [0.3, 0.4) is 0 Å². The van der Waals surface area contributed by atoms with Gasteiger partial charge in [0, 0.05) is 23.9 Å². The predicted octanol–water partition coefficient (Wildman–Crippen LogP) is 2.07. The maximum atomic E-state index is 11.4. The maximum absolute atomic E-state index is 11.4. The molecule has 0 unspecified atom stereocenters. The number of nitrogens with one attached hydrogen (secondary N) is 1. The first kappa shape index (κ1) is 11.5. The molecule has 0 bridgehead atoms. The number of benzene rings is 1. The zero-order valence-corrected chi connectivity index (χ0v) is 10.6. The van der Waals surface area contributed by atoms with E-state index in [1.54, 1.807) is 13.1 Å². The van der Waals surface area contributed by atoms with Crippen molar-refractivity contribution in [2.24, 2.45) is 12.0 Å². The lowest BCUT2D eigenvalue weighted by molar-refractivity contribution is 0.454. The first-order valence-electron chi connectivity index (χ1n) is 5.92. The number of rotatable bonds is 1. The molecule has 96 valence electrons. The van der Waals surface area contributed by atoms with Gasteiger partial charge in [-0.2, -0.15) is 0 Å². The van der Waals surface area contributed by atoms with Crippen LogP contribution < -0.4 is 5.69 Å².